The summed E-state index contributed by atoms with van der Waals surface area (Å²) in [6.07, 6.45) is 7.89. The van der Waals surface area contributed by atoms with Gasteiger partial charge >= 0.3 is 0 Å². The second-order valence-corrected chi connectivity index (χ2v) is 4.95. The van der Waals surface area contributed by atoms with Crippen LogP contribution in [0.5, 0.6) is 0 Å². The Labute approximate surface area is 116 Å². The number of hydrogen-bond donors (Lipinski definition) is 2. The van der Waals surface area contributed by atoms with E-state index in [1.807, 2.05) is 24.3 Å². The van der Waals surface area contributed by atoms with Gasteiger partial charge in [0.1, 0.15) is 0 Å². The number of nitrogens with one attached hydrogen (secondary N) is 2. The van der Waals surface area contributed by atoms with Crippen molar-refractivity contribution in [2.24, 2.45) is 0 Å². The Morgan fingerprint density at radius 2 is 1.53 bits per heavy atom. The molecule has 0 heterocycles. The van der Waals surface area contributed by atoms with Gasteiger partial charge in [-0.1, -0.05) is 39.0 Å². The average molecular weight is 262 g/mol. The van der Waals surface area contributed by atoms with Crippen molar-refractivity contribution in [2.75, 3.05) is 17.2 Å². The minimum atomic E-state index is -0.0345. The number of rotatable bonds is 9. The quantitative estimate of drug-likeness (QED) is 0.647. The molecule has 0 fully saturated rings. The number of amides is 1. The first kappa shape index (κ1) is 15.5. The van der Waals surface area contributed by atoms with E-state index in [2.05, 4.69) is 17.6 Å². The van der Waals surface area contributed by atoms with Gasteiger partial charge in [-0.25, -0.2) is 0 Å². The van der Waals surface area contributed by atoms with Gasteiger partial charge in [-0.2, -0.15) is 0 Å². The van der Waals surface area contributed by atoms with Crippen molar-refractivity contribution in [3.63, 3.8) is 0 Å². The molecular formula is C16H26N2O. The fourth-order valence-electron chi connectivity index (χ4n) is 2.01. The Morgan fingerprint density at radius 1 is 0.947 bits per heavy atom. The van der Waals surface area contributed by atoms with Gasteiger partial charge in [0.2, 0.25) is 5.91 Å². The fraction of sp³-hybridized carbons (Fsp3) is 0.562. The molecule has 19 heavy (non-hydrogen) atoms. The van der Waals surface area contributed by atoms with Gasteiger partial charge in [0.05, 0.1) is 0 Å². The molecule has 0 bridgehead atoms. The molecule has 0 saturated carbocycles. The highest BCUT2D eigenvalue weighted by molar-refractivity contribution is 5.88. The highest BCUT2D eigenvalue weighted by Gasteiger charge is 1.96. The molecule has 0 aliphatic heterocycles. The van der Waals surface area contributed by atoms with Crippen LogP contribution in [0.25, 0.3) is 0 Å². The molecule has 0 aliphatic carbocycles. The number of anilines is 2. The molecule has 1 amide bonds. The van der Waals surface area contributed by atoms with Crippen LogP contribution in [0.15, 0.2) is 24.3 Å². The van der Waals surface area contributed by atoms with Crippen molar-refractivity contribution in [1.29, 1.82) is 0 Å². The molecule has 0 saturated heterocycles. The van der Waals surface area contributed by atoms with Crippen molar-refractivity contribution < 1.29 is 4.79 Å². The molecule has 0 aromatic heterocycles. The van der Waals surface area contributed by atoms with Crippen molar-refractivity contribution in [1.82, 2.24) is 0 Å². The summed E-state index contributed by atoms with van der Waals surface area (Å²) < 4.78 is 0. The molecule has 1 aromatic carbocycles. The Hall–Kier alpha value is -1.51. The van der Waals surface area contributed by atoms with Crippen molar-refractivity contribution in [2.45, 2.75) is 52.4 Å². The Kier molecular flexibility index (Phi) is 7.71. The van der Waals surface area contributed by atoms with Crippen LogP contribution in [0.4, 0.5) is 11.4 Å². The third-order valence-electron chi connectivity index (χ3n) is 3.06. The zero-order valence-electron chi connectivity index (χ0n) is 12.2. The Morgan fingerprint density at radius 3 is 2.16 bits per heavy atom. The summed E-state index contributed by atoms with van der Waals surface area (Å²) in [5, 5.41) is 6.16. The van der Waals surface area contributed by atoms with Crippen LogP contribution >= 0.6 is 0 Å². The lowest BCUT2D eigenvalue weighted by atomic mass is 10.1. The maximum Gasteiger partial charge on any atom is 0.221 e. The largest absolute Gasteiger partial charge is 0.385 e. The van der Waals surface area contributed by atoms with E-state index < -0.39 is 0 Å². The van der Waals surface area contributed by atoms with Gasteiger partial charge in [0.25, 0.3) is 0 Å². The second kappa shape index (κ2) is 9.42. The van der Waals surface area contributed by atoms with Crippen LogP contribution in [0.2, 0.25) is 0 Å². The summed E-state index contributed by atoms with van der Waals surface area (Å²) in [6.45, 7) is 4.78. The number of hydrogen-bond acceptors (Lipinski definition) is 2. The number of carbonyl (C=O) groups is 1. The molecule has 2 N–H and O–H groups in total. The molecule has 0 atom stereocenters. The van der Waals surface area contributed by atoms with Gasteiger partial charge in [0, 0.05) is 24.8 Å². The maximum atomic E-state index is 10.9. The Balaban J connectivity index is 2.14. The van der Waals surface area contributed by atoms with Crippen LogP contribution in [0, 0.1) is 0 Å². The predicted molar refractivity (Wildman–Crippen MR) is 82.6 cm³/mol. The molecule has 1 rings (SSSR count). The molecule has 3 heteroatoms. The lowest BCUT2D eigenvalue weighted by Crippen LogP contribution is -2.06. The SMILES string of the molecule is CCCCCCCCNc1ccc(NC(C)=O)cc1. The molecule has 0 aliphatic rings. The van der Waals surface area contributed by atoms with Gasteiger partial charge in [-0.05, 0) is 30.7 Å². The summed E-state index contributed by atoms with van der Waals surface area (Å²) >= 11 is 0. The second-order valence-electron chi connectivity index (χ2n) is 4.95. The van der Waals surface area contributed by atoms with Crippen LogP contribution < -0.4 is 10.6 Å². The van der Waals surface area contributed by atoms with Crippen LogP contribution in [0.1, 0.15) is 52.4 Å². The molecule has 0 radical (unpaired) electrons. The maximum absolute atomic E-state index is 10.9. The Bertz CT molecular complexity index is 360. The molecule has 0 spiro atoms. The van der Waals surface area contributed by atoms with E-state index in [0.717, 1.165) is 17.9 Å². The molecule has 3 nitrogen and oxygen atoms in total. The van der Waals surface area contributed by atoms with Gasteiger partial charge in [-0.15, -0.1) is 0 Å². The first-order valence-electron chi connectivity index (χ1n) is 7.34. The summed E-state index contributed by atoms with van der Waals surface area (Å²) in [5.41, 5.74) is 1.96. The number of benzene rings is 1. The number of unbranched alkanes of at least 4 members (excludes halogenated alkanes) is 5. The normalized spacial score (nSPS) is 10.2. The van der Waals surface area contributed by atoms with Gasteiger partial charge < -0.3 is 10.6 Å². The molecule has 106 valence electrons. The van der Waals surface area contributed by atoms with E-state index in [0.29, 0.717) is 0 Å². The zero-order chi connectivity index (χ0) is 13.9. The molecular weight excluding hydrogens is 236 g/mol. The monoisotopic (exact) mass is 262 g/mol. The minimum absolute atomic E-state index is 0.0345. The molecule has 1 aromatic rings. The third-order valence-corrected chi connectivity index (χ3v) is 3.06. The minimum Gasteiger partial charge on any atom is -0.385 e. The van der Waals surface area contributed by atoms with Crippen LogP contribution in [-0.4, -0.2) is 12.5 Å². The standard InChI is InChI=1S/C16H26N2O/c1-3-4-5-6-7-8-13-17-15-9-11-16(12-10-15)18-14(2)19/h9-12,17H,3-8,13H2,1-2H3,(H,18,19). The van der Waals surface area contributed by atoms with E-state index in [9.17, 15) is 4.79 Å². The number of carbonyl (C=O) groups excluding carboxylic acids is 1. The summed E-state index contributed by atoms with van der Waals surface area (Å²) in [7, 11) is 0. The molecule has 0 unspecified atom stereocenters. The van der Waals surface area contributed by atoms with Crippen molar-refractivity contribution in [3.8, 4) is 0 Å². The summed E-state index contributed by atoms with van der Waals surface area (Å²) in [6, 6.07) is 7.85. The first-order valence-corrected chi connectivity index (χ1v) is 7.34. The van der Waals surface area contributed by atoms with Gasteiger partial charge in [-0.3, -0.25) is 4.79 Å². The average Bonchev–Trinajstić information content (AvgIpc) is 2.39. The first-order chi connectivity index (χ1) is 9.22. The van der Waals surface area contributed by atoms with E-state index in [4.69, 9.17) is 0 Å². The van der Waals surface area contributed by atoms with Crippen LogP contribution in [0.3, 0.4) is 0 Å². The van der Waals surface area contributed by atoms with Crippen molar-refractivity contribution in [3.05, 3.63) is 24.3 Å². The fourth-order valence-corrected chi connectivity index (χ4v) is 2.01. The highest BCUT2D eigenvalue weighted by atomic mass is 16.1. The predicted octanol–water partition coefficient (Wildman–Crippen LogP) is 4.42. The van der Waals surface area contributed by atoms with Crippen LogP contribution in [-0.2, 0) is 4.79 Å². The summed E-state index contributed by atoms with van der Waals surface area (Å²) in [5.74, 6) is -0.0345. The van der Waals surface area contributed by atoms with E-state index in [-0.39, 0.29) is 5.91 Å². The van der Waals surface area contributed by atoms with E-state index in [1.165, 1.54) is 45.4 Å². The van der Waals surface area contributed by atoms with E-state index in [1.54, 1.807) is 0 Å². The van der Waals surface area contributed by atoms with Crippen molar-refractivity contribution >= 4 is 17.3 Å². The lowest BCUT2D eigenvalue weighted by molar-refractivity contribution is -0.114. The third kappa shape index (κ3) is 7.50. The summed E-state index contributed by atoms with van der Waals surface area (Å²) in [4.78, 5) is 10.9. The smallest absolute Gasteiger partial charge is 0.221 e. The highest BCUT2D eigenvalue weighted by Crippen LogP contribution is 2.13. The van der Waals surface area contributed by atoms with Gasteiger partial charge in [0.15, 0.2) is 0 Å². The lowest BCUT2D eigenvalue weighted by Gasteiger charge is -2.07. The van der Waals surface area contributed by atoms with E-state index >= 15 is 0 Å². The zero-order valence-corrected chi connectivity index (χ0v) is 12.2. The topological polar surface area (TPSA) is 41.1 Å².